The molecule has 0 bridgehead atoms. The Morgan fingerprint density at radius 1 is 0.929 bits per heavy atom. The van der Waals surface area contributed by atoms with Crippen LogP contribution in [0.25, 0.3) is 10.2 Å². The highest BCUT2D eigenvalue weighted by atomic mass is 32.1. The van der Waals surface area contributed by atoms with E-state index in [0.29, 0.717) is 5.19 Å². The zero-order valence-electron chi connectivity index (χ0n) is 16.2. The van der Waals surface area contributed by atoms with Gasteiger partial charge in [-0.15, -0.1) is 0 Å². The van der Waals surface area contributed by atoms with Crippen LogP contribution in [0.2, 0.25) is 0 Å². The number of thiazole rings is 1. The molecule has 1 aromatic heterocycles. The number of benzene rings is 2. The number of aromatic nitrogens is 1. The molecule has 5 rings (SSSR count). The number of para-hydroxylation sites is 1. The molecule has 0 unspecified atom stereocenters. The lowest BCUT2D eigenvalue weighted by molar-refractivity contribution is 0.129. The Hall–Kier alpha value is -1.95. The van der Waals surface area contributed by atoms with Gasteiger partial charge in [-0.05, 0) is 55.0 Å². The molecular weight excluding hydrogens is 366 g/mol. The van der Waals surface area contributed by atoms with Crippen LogP contribution in [0.1, 0.15) is 18.4 Å². The predicted octanol–water partition coefficient (Wildman–Crippen LogP) is 4.66. The van der Waals surface area contributed by atoms with Gasteiger partial charge in [0.2, 0.25) is 0 Å². The first-order valence-corrected chi connectivity index (χ1v) is 11.2. The van der Waals surface area contributed by atoms with E-state index in [4.69, 9.17) is 4.74 Å². The summed E-state index contributed by atoms with van der Waals surface area (Å²) >= 11 is 1.59. The molecule has 4 nitrogen and oxygen atoms in total. The van der Waals surface area contributed by atoms with Crippen LogP contribution in [0, 0.1) is 5.92 Å². The number of nitrogens with zero attached hydrogens (tertiary/aromatic N) is 3. The molecule has 0 spiro atoms. The van der Waals surface area contributed by atoms with Gasteiger partial charge in [0.1, 0.15) is 5.75 Å². The number of piperazine rings is 1. The first kappa shape index (κ1) is 18.1. The molecule has 28 heavy (non-hydrogen) atoms. The maximum atomic E-state index is 5.95. The Labute approximate surface area is 170 Å². The van der Waals surface area contributed by atoms with Crippen molar-refractivity contribution in [3.8, 4) is 10.9 Å². The summed E-state index contributed by atoms with van der Waals surface area (Å²) < 4.78 is 7.11. The number of rotatable bonds is 7. The first-order chi connectivity index (χ1) is 13.8. The van der Waals surface area contributed by atoms with E-state index in [2.05, 4.69) is 45.1 Å². The molecule has 5 heteroatoms. The molecule has 2 aliphatic rings. The molecule has 2 heterocycles. The Morgan fingerprint density at radius 3 is 2.43 bits per heavy atom. The van der Waals surface area contributed by atoms with Crippen molar-refractivity contribution in [3.63, 3.8) is 0 Å². The van der Waals surface area contributed by atoms with Crippen LogP contribution in [0.5, 0.6) is 10.9 Å². The quantitative estimate of drug-likeness (QED) is 0.584. The molecule has 0 N–H and O–H groups in total. The summed E-state index contributed by atoms with van der Waals surface area (Å²) in [5.74, 6) is 1.87. The summed E-state index contributed by atoms with van der Waals surface area (Å²) in [7, 11) is 0. The van der Waals surface area contributed by atoms with Crippen molar-refractivity contribution in [2.45, 2.75) is 19.3 Å². The molecule has 0 amide bonds. The summed E-state index contributed by atoms with van der Waals surface area (Å²) in [4.78, 5) is 9.80. The fourth-order valence-corrected chi connectivity index (χ4v) is 4.70. The van der Waals surface area contributed by atoms with E-state index in [1.54, 1.807) is 11.3 Å². The molecule has 1 saturated carbocycles. The van der Waals surface area contributed by atoms with Crippen molar-refractivity contribution < 1.29 is 4.74 Å². The third-order valence-electron chi connectivity index (χ3n) is 5.80. The van der Waals surface area contributed by atoms with Crippen LogP contribution in [-0.4, -0.2) is 54.1 Å². The van der Waals surface area contributed by atoms with E-state index in [-0.39, 0.29) is 0 Å². The minimum absolute atomic E-state index is 0.706. The predicted molar refractivity (Wildman–Crippen MR) is 115 cm³/mol. The molecule has 1 aliphatic heterocycles. The maximum Gasteiger partial charge on any atom is 0.279 e. The Kier molecular flexibility index (Phi) is 5.30. The second kappa shape index (κ2) is 8.19. The van der Waals surface area contributed by atoms with E-state index >= 15 is 0 Å². The average molecular weight is 394 g/mol. The van der Waals surface area contributed by atoms with E-state index in [0.717, 1.165) is 34.8 Å². The van der Waals surface area contributed by atoms with Gasteiger partial charge in [0.25, 0.3) is 5.19 Å². The lowest BCUT2D eigenvalue weighted by Gasteiger charge is -2.34. The van der Waals surface area contributed by atoms with Crippen LogP contribution in [0.3, 0.4) is 0 Å². The summed E-state index contributed by atoms with van der Waals surface area (Å²) in [6, 6.07) is 16.6. The topological polar surface area (TPSA) is 28.6 Å². The lowest BCUT2D eigenvalue weighted by atomic mass is 10.1. The summed E-state index contributed by atoms with van der Waals surface area (Å²) in [6.45, 7) is 7.40. The van der Waals surface area contributed by atoms with Crippen LogP contribution in [0.15, 0.2) is 48.5 Å². The summed E-state index contributed by atoms with van der Waals surface area (Å²) in [5.41, 5.74) is 2.37. The zero-order valence-corrected chi connectivity index (χ0v) is 17.0. The molecule has 2 aromatic carbocycles. The highest BCUT2D eigenvalue weighted by Crippen LogP contribution is 2.31. The average Bonchev–Trinajstić information content (AvgIpc) is 3.45. The maximum absolute atomic E-state index is 5.95. The Bertz CT molecular complexity index is 878. The van der Waals surface area contributed by atoms with Gasteiger partial charge in [0.05, 0.1) is 10.2 Å². The van der Waals surface area contributed by atoms with Crippen LogP contribution in [-0.2, 0) is 6.42 Å². The third kappa shape index (κ3) is 4.54. The highest BCUT2D eigenvalue weighted by molar-refractivity contribution is 7.20. The van der Waals surface area contributed by atoms with Gasteiger partial charge in [-0.1, -0.05) is 35.6 Å². The van der Waals surface area contributed by atoms with E-state index in [1.165, 1.54) is 51.1 Å². The van der Waals surface area contributed by atoms with Gasteiger partial charge in [0, 0.05) is 39.3 Å². The largest absolute Gasteiger partial charge is 0.431 e. The minimum Gasteiger partial charge on any atom is -0.431 e. The van der Waals surface area contributed by atoms with E-state index < -0.39 is 0 Å². The fourth-order valence-electron chi connectivity index (χ4n) is 3.87. The molecule has 1 saturated heterocycles. The van der Waals surface area contributed by atoms with Gasteiger partial charge in [-0.25, -0.2) is 4.98 Å². The molecular formula is C23H27N3OS. The van der Waals surface area contributed by atoms with Gasteiger partial charge in [0.15, 0.2) is 0 Å². The molecule has 0 atom stereocenters. The monoisotopic (exact) mass is 393 g/mol. The van der Waals surface area contributed by atoms with Crippen molar-refractivity contribution in [3.05, 3.63) is 54.1 Å². The van der Waals surface area contributed by atoms with Crippen molar-refractivity contribution in [2.24, 2.45) is 5.92 Å². The smallest absolute Gasteiger partial charge is 0.279 e. The fraction of sp³-hybridized carbons (Fsp3) is 0.435. The van der Waals surface area contributed by atoms with Gasteiger partial charge < -0.3 is 14.5 Å². The van der Waals surface area contributed by atoms with Crippen molar-refractivity contribution in [1.82, 2.24) is 14.8 Å². The zero-order chi connectivity index (χ0) is 18.8. The Morgan fingerprint density at radius 2 is 1.68 bits per heavy atom. The normalized spacial score (nSPS) is 18.6. The summed E-state index contributed by atoms with van der Waals surface area (Å²) in [6.07, 6.45) is 4.02. The number of ether oxygens (including phenoxy) is 1. The second-order valence-corrected chi connectivity index (χ2v) is 9.02. The number of hydrogen-bond donors (Lipinski definition) is 0. The molecule has 2 fully saturated rings. The van der Waals surface area contributed by atoms with Crippen LogP contribution < -0.4 is 4.74 Å². The molecule has 0 radical (unpaired) electrons. The standard InChI is InChI=1S/C23H27N3OS/c1-2-4-22-21(3-1)24-23(28-22)27-20-9-7-18(8-10-20)11-12-25-13-15-26(16-14-25)17-19-5-6-19/h1-4,7-10,19H,5-6,11-17H2. The molecule has 1 aliphatic carbocycles. The van der Waals surface area contributed by atoms with E-state index in [9.17, 15) is 0 Å². The number of fused-ring (bicyclic) bond motifs is 1. The van der Waals surface area contributed by atoms with Gasteiger partial charge in [-0.2, -0.15) is 0 Å². The minimum atomic E-state index is 0.706. The Balaban J connectivity index is 1.10. The van der Waals surface area contributed by atoms with Crippen LogP contribution in [0.4, 0.5) is 0 Å². The third-order valence-corrected chi connectivity index (χ3v) is 6.71. The van der Waals surface area contributed by atoms with Crippen molar-refractivity contribution in [2.75, 3.05) is 39.3 Å². The first-order valence-electron chi connectivity index (χ1n) is 10.4. The molecule has 146 valence electrons. The van der Waals surface area contributed by atoms with Crippen molar-refractivity contribution >= 4 is 21.6 Å². The number of hydrogen-bond acceptors (Lipinski definition) is 5. The van der Waals surface area contributed by atoms with Crippen LogP contribution >= 0.6 is 11.3 Å². The van der Waals surface area contributed by atoms with Crippen molar-refractivity contribution in [1.29, 1.82) is 0 Å². The summed E-state index contributed by atoms with van der Waals surface area (Å²) in [5, 5.41) is 0.706. The SMILES string of the molecule is c1ccc2sc(Oc3ccc(CCN4CCN(CC5CC5)CC4)cc3)nc2c1. The highest BCUT2D eigenvalue weighted by Gasteiger charge is 2.26. The van der Waals surface area contributed by atoms with Gasteiger partial charge in [-0.3, -0.25) is 0 Å². The molecule has 3 aromatic rings. The van der Waals surface area contributed by atoms with Gasteiger partial charge >= 0.3 is 0 Å². The lowest BCUT2D eigenvalue weighted by Crippen LogP contribution is -2.47. The second-order valence-electron chi connectivity index (χ2n) is 8.03. The van der Waals surface area contributed by atoms with E-state index in [1.807, 2.05) is 18.2 Å².